The number of carbonyl (C=O) groups is 2. The minimum absolute atomic E-state index is 0.285. The number of carbonyl (C=O) groups excluding carboxylic acids is 2. The molecule has 0 radical (unpaired) electrons. The van der Waals surface area contributed by atoms with Gasteiger partial charge in [0.25, 0.3) is 0 Å². The Bertz CT molecular complexity index is 967. The van der Waals surface area contributed by atoms with Gasteiger partial charge >= 0.3 is 12.0 Å². The molecular weight excluding hydrogens is 398 g/mol. The van der Waals surface area contributed by atoms with Gasteiger partial charge in [-0.25, -0.2) is 9.59 Å². The molecule has 4 rings (SSSR count). The molecule has 0 saturated heterocycles. The van der Waals surface area contributed by atoms with Crippen LogP contribution >= 0.6 is 11.3 Å². The molecule has 1 atom stereocenters. The van der Waals surface area contributed by atoms with Crippen molar-refractivity contribution in [2.45, 2.75) is 19.4 Å². The highest BCUT2D eigenvalue weighted by atomic mass is 32.1. The number of nitrogens with one attached hydrogen (secondary N) is 2. The molecule has 2 N–H and O–H groups in total. The van der Waals surface area contributed by atoms with Crippen LogP contribution in [0.4, 0.5) is 4.79 Å². The number of hydrogen-bond donors (Lipinski definition) is 2. The SMILES string of the molecule is CCOC(=O)C1=C(CN2CC=C(c3ccccc3)CC2)NC(=O)N[C@@H]1c1cccs1. The van der Waals surface area contributed by atoms with E-state index in [1.165, 1.54) is 22.5 Å². The molecule has 30 heavy (non-hydrogen) atoms. The maximum absolute atomic E-state index is 12.8. The number of amides is 2. The number of thiophene rings is 1. The van der Waals surface area contributed by atoms with Crippen molar-refractivity contribution in [3.8, 4) is 0 Å². The van der Waals surface area contributed by atoms with Crippen LogP contribution in [0.3, 0.4) is 0 Å². The summed E-state index contributed by atoms with van der Waals surface area (Å²) >= 11 is 1.51. The van der Waals surface area contributed by atoms with Crippen LogP contribution in [0.1, 0.15) is 29.8 Å². The molecule has 2 aliphatic heterocycles. The normalized spacial score (nSPS) is 19.7. The van der Waals surface area contributed by atoms with Crippen LogP contribution in [-0.4, -0.2) is 43.1 Å². The topological polar surface area (TPSA) is 70.7 Å². The molecule has 0 saturated carbocycles. The van der Waals surface area contributed by atoms with E-state index in [9.17, 15) is 9.59 Å². The van der Waals surface area contributed by atoms with Crippen LogP contribution in [-0.2, 0) is 9.53 Å². The Morgan fingerprint density at radius 3 is 2.73 bits per heavy atom. The van der Waals surface area contributed by atoms with Crippen LogP contribution in [0.2, 0.25) is 0 Å². The van der Waals surface area contributed by atoms with E-state index in [2.05, 4.69) is 33.7 Å². The number of benzene rings is 1. The number of esters is 1. The van der Waals surface area contributed by atoms with Gasteiger partial charge in [0, 0.05) is 30.2 Å². The molecule has 2 aromatic rings. The molecule has 0 spiro atoms. The Labute approximate surface area is 180 Å². The largest absolute Gasteiger partial charge is 0.463 e. The fourth-order valence-electron chi connectivity index (χ4n) is 3.85. The van der Waals surface area contributed by atoms with Crippen LogP contribution < -0.4 is 10.6 Å². The van der Waals surface area contributed by atoms with Crippen molar-refractivity contribution >= 4 is 28.9 Å². The number of rotatable bonds is 6. The summed E-state index contributed by atoms with van der Waals surface area (Å²) in [5.41, 5.74) is 3.68. The van der Waals surface area contributed by atoms with Gasteiger partial charge in [-0.15, -0.1) is 11.3 Å². The summed E-state index contributed by atoms with van der Waals surface area (Å²) in [6.45, 7) is 4.17. The molecule has 0 bridgehead atoms. The van der Waals surface area contributed by atoms with Gasteiger partial charge in [-0.05, 0) is 35.9 Å². The molecular formula is C23H25N3O3S. The van der Waals surface area contributed by atoms with E-state index in [0.29, 0.717) is 17.8 Å². The molecule has 1 aromatic carbocycles. The monoisotopic (exact) mass is 423 g/mol. The van der Waals surface area contributed by atoms with Gasteiger partial charge in [0.05, 0.1) is 18.2 Å². The molecule has 0 aliphatic carbocycles. The minimum atomic E-state index is -0.493. The van der Waals surface area contributed by atoms with Gasteiger partial charge in [0.15, 0.2) is 0 Å². The van der Waals surface area contributed by atoms with E-state index in [1.807, 2.05) is 35.7 Å². The second-order valence-electron chi connectivity index (χ2n) is 7.24. The van der Waals surface area contributed by atoms with E-state index in [1.54, 1.807) is 6.92 Å². The number of ether oxygens (including phenoxy) is 1. The van der Waals surface area contributed by atoms with Gasteiger partial charge in [-0.2, -0.15) is 0 Å². The summed E-state index contributed by atoms with van der Waals surface area (Å²) in [5.74, 6) is -0.393. The van der Waals surface area contributed by atoms with Gasteiger partial charge in [-0.1, -0.05) is 42.5 Å². The molecule has 1 aromatic heterocycles. The average Bonchev–Trinajstić information content (AvgIpc) is 3.29. The highest BCUT2D eigenvalue weighted by molar-refractivity contribution is 7.10. The number of hydrogen-bond acceptors (Lipinski definition) is 5. The fraction of sp³-hybridized carbons (Fsp3) is 0.304. The van der Waals surface area contributed by atoms with Gasteiger partial charge < -0.3 is 15.4 Å². The third kappa shape index (κ3) is 4.47. The van der Waals surface area contributed by atoms with Crippen LogP contribution in [0.15, 0.2) is 65.2 Å². The van der Waals surface area contributed by atoms with Crippen LogP contribution in [0.5, 0.6) is 0 Å². The van der Waals surface area contributed by atoms with Crippen molar-refractivity contribution in [1.82, 2.24) is 15.5 Å². The third-order valence-corrected chi connectivity index (χ3v) is 6.23. The summed E-state index contributed by atoms with van der Waals surface area (Å²) in [6.07, 6.45) is 3.15. The predicted octanol–water partition coefficient (Wildman–Crippen LogP) is 3.71. The molecule has 0 unspecified atom stereocenters. The summed E-state index contributed by atoms with van der Waals surface area (Å²) in [7, 11) is 0. The van der Waals surface area contributed by atoms with E-state index in [-0.39, 0.29) is 12.6 Å². The van der Waals surface area contributed by atoms with Crippen molar-refractivity contribution in [3.05, 3.63) is 75.6 Å². The molecule has 2 aliphatic rings. The molecule has 0 fully saturated rings. The zero-order valence-corrected chi connectivity index (χ0v) is 17.7. The lowest BCUT2D eigenvalue weighted by Crippen LogP contribution is -2.48. The maximum Gasteiger partial charge on any atom is 0.338 e. The summed E-state index contributed by atoms with van der Waals surface area (Å²) in [6, 6.07) is 13.4. The quantitative estimate of drug-likeness (QED) is 0.695. The van der Waals surface area contributed by atoms with E-state index >= 15 is 0 Å². The first-order chi connectivity index (χ1) is 14.7. The van der Waals surface area contributed by atoms with E-state index < -0.39 is 12.0 Å². The van der Waals surface area contributed by atoms with Crippen molar-refractivity contribution in [1.29, 1.82) is 0 Å². The van der Waals surface area contributed by atoms with Crippen LogP contribution in [0.25, 0.3) is 5.57 Å². The first-order valence-corrected chi connectivity index (χ1v) is 11.0. The lowest BCUT2D eigenvalue weighted by molar-refractivity contribution is -0.139. The smallest absolute Gasteiger partial charge is 0.338 e. The Morgan fingerprint density at radius 2 is 2.07 bits per heavy atom. The first-order valence-electron chi connectivity index (χ1n) is 10.1. The van der Waals surface area contributed by atoms with Gasteiger partial charge in [-0.3, -0.25) is 4.90 Å². The Hall–Kier alpha value is -2.90. The zero-order valence-electron chi connectivity index (χ0n) is 16.9. The zero-order chi connectivity index (χ0) is 20.9. The Kier molecular flexibility index (Phi) is 6.30. The third-order valence-electron chi connectivity index (χ3n) is 5.30. The average molecular weight is 424 g/mol. The predicted molar refractivity (Wildman–Crippen MR) is 118 cm³/mol. The standard InChI is InChI=1S/C23H25N3O3S/c1-2-29-22(27)20-18(24-23(28)25-21(20)19-9-6-14-30-19)15-26-12-10-17(11-13-26)16-7-4-3-5-8-16/h3-10,14,21H,2,11-13,15H2,1H3,(H2,24,25,28)/t21-/m1/s1. The Morgan fingerprint density at radius 1 is 1.23 bits per heavy atom. The summed E-state index contributed by atoms with van der Waals surface area (Å²) in [4.78, 5) is 28.3. The Balaban J connectivity index is 1.58. The molecule has 156 valence electrons. The summed E-state index contributed by atoms with van der Waals surface area (Å²) in [5, 5.41) is 7.67. The van der Waals surface area contributed by atoms with Gasteiger partial charge in [0.2, 0.25) is 0 Å². The highest BCUT2D eigenvalue weighted by Gasteiger charge is 2.34. The molecule has 7 heteroatoms. The summed E-state index contributed by atoms with van der Waals surface area (Å²) < 4.78 is 5.33. The second kappa shape index (κ2) is 9.28. The molecule has 6 nitrogen and oxygen atoms in total. The maximum atomic E-state index is 12.8. The molecule has 2 amide bonds. The minimum Gasteiger partial charge on any atom is -0.463 e. The van der Waals surface area contributed by atoms with E-state index in [0.717, 1.165) is 24.4 Å². The first kappa shape index (κ1) is 20.4. The van der Waals surface area contributed by atoms with Crippen molar-refractivity contribution in [2.75, 3.05) is 26.2 Å². The van der Waals surface area contributed by atoms with Crippen LogP contribution in [0, 0.1) is 0 Å². The highest BCUT2D eigenvalue weighted by Crippen LogP contribution is 2.31. The van der Waals surface area contributed by atoms with Crippen molar-refractivity contribution < 1.29 is 14.3 Å². The molecule has 3 heterocycles. The lowest BCUT2D eigenvalue weighted by Gasteiger charge is -2.32. The number of urea groups is 1. The number of nitrogens with zero attached hydrogens (tertiary/aromatic N) is 1. The van der Waals surface area contributed by atoms with Crippen molar-refractivity contribution in [2.24, 2.45) is 0 Å². The van der Waals surface area contributed by atoms with Crippen molar-refractivity contribution in [3.63, 3.8) is 0 Å². The lowest BCUT2D eigenvalue weighted by atomic mass is 9.98. The second-order valence-corrected chi connectivity index (χ2v) is 8.22. The van der Waals surface area contributed by atoms with Gasteiger partial charge in [0.1, 0.15) is 0 Å². The fourth-order valence-corrected chi connectivity index (χ4v) is 4.64. The van der Waals surface area contributed by atoms with E-state index in [4.69, 9.17) is 4.74 Å².